The van der Waals surface area contributed by atoms with Crippen molar-refractivity contribution in [3.8, 4) is 0 Å². The molecule has 4 heteroatoms. The summed E-state index contributed by atoms with van der Waals surface area (Å²) in [6.45, 7) is 8.05. The Kier molecular flexibility index (Phi) is 4.08. The molecule has 2 atom stereocenters. The van der Waals surface area contributed by atoms with Gasteiger partial charge in [0.1, 0.15) is 5.92 Å². The molecule has 1 amide bonds. The number of aliphatic carboxylic acids is 1. The molecule has 2 unspecified atom stereocenters. The van der Waals surface area contributed by atoms with Crippen molar-refractivity contribution in [3.05, 3.63) is 29.8 Å². The summed E-state index contributed by atoms with van der Waals surface area (Å²) in [5, 5.41) is 9.48. The molecule has 0 spiro atoms. The van der Waals surface area contributed by atoms with Gasteiger partial charge >= 0.3 is 5.97 Å². The molecule has 0 fully saturated rings. The maximum atomic E-state index is 12.8. The first kappa shape index (κ1) is 15.5. The smallest absolute Gasteiger partial charge is 0.316 e. The highest BCUT2D eigenvalue weighted by Crippen LogP contribution is 2.34. The van der Waals surface area contributed by atoms with E-state index in [-0.39, 0.29) is 5.91 Å². The van der Waals surface area contributed by atoms with Crippen LogP contribution in [0.1, 0.15) is 33.3 Å². The minimum absolute atomic E-state index is 0.311. The van der Waals surface area contributed by atoms with Gasteiger partial charge in [0.05, 0.1) is 0 Å². The molecule has 0 bridgehead atoms. The summed E-state index contributed by atoms with van der Waals surface area (Å²) in [5.74, 6) is -2.06. The van der Waals surface area contributed by atoms with Crippen molar-refractivity contribution in [1.82, 2.24) is 0 Å². The second-order valence-electron chi connectivity index (χ2n) is 7.02. The zero-order valence-electron chi connectivity index (χ0n) is 13.1. The largest absolute Gasteiger partial charge is 0.481 e. The van der Waals surface area contributed by atoms with Crippen molar-refractivity contribution in [2.45, 2.75) is 34.1 Å². The van der Waals surface area contributed by atoms with E-state index in [9.17, 15) is 14.7 Å². The number of hydrogen-bond donors (Lipinski definition) is 1. The third kappa shape index (κ3) is 3.09. The number of amides is 1. The van der Waals surface area contributed by atoms with Crippen molar-refractivity contribution in [3.63, 3.8) is 0 Å². The molecule has 0 radical (unpaired) electrons. The Morgan fingerprint density at radius 3 is 2.48 bits per heavy atom. The number of fused-ring (bicyclic) bond motifs is 1. The summed E-state index contributed by atoms with van der Waals surface area (Å²) in [4.78, 5) is 26.1. The lowest BCUT2D eigenvalue weighted by Crippen LogP contribution is -2.48. The number of para-hydroxylation sites is 1. The predicted molar refractivity (Wildman–Crippen MR) is 82.2 cm³/mol. The molecule has 1 aliphatic heterocycles. The molecule has 1 N–H and O–H groups in total. The zero-order chi connectivity index (χ0) is 15.8. The van der Waals surface area contributed by atoms with Gasteiger partial charge in [-0.05, 0) is 29.4 Å². The number of benzene rings is 1. The van der Waals surface area contributed by atoms with E-state index < -0.39 is 17.3 Å². The van der Waals surface area contributed by atoms with Gasteiger partial charge in [0.15, 0.2) is 0 Å². The first-order chi connectivity index (χ1) is 9.71. The lowest BCUT2D eigenvalue weighted by atomic mass is 9.79. The van der Waals surface area contributed by atoms with Gasteiger partial charge in [0.25, 0.3) is 0 Å². The fourth-order valence-electron chi connectivity index (χ4n) is 3.01. The Bertz CT molecular complexity index is 559. The zero-order valence-corrected chi connectivity index (χ0v) is 13.1. The molecule has 114 valence electrons. The van der Waals surface area contributed by atoms with Gasteiger partial charge in [-0.15, -0.1) is 0 Å². The highest BCUT2D eigenvalue weighted by Gasteiger charge is 2.42. The van der Waals surface area contributed by atoms with Crippen LogP contribution in [0.4, 0.5) is 5.69 Å². The third-order valence-electron chi connectivity index (χ3n) is 3.97. The van der Waals surface area contributed by atoms with E-state index in [0.717, 1.165) is 17.7 Å². The van der Waals surface area contributed by atoms with E-state index >= 15 is 0 Å². The summed E-state index contributed by atoms with van der Waals surface area (Å²) in [6, 6.07) is 7.76. The summed E-state index contributed by atoms with van der Waals surface area (Å²) < 4.78 is 0. The minimum atomic E-state index is -1.05. The first-order valence-electron chi connectivity index (χ1n) is 7.34. The van der Waals surface area contributed by atoms with Crippen molar-refractivity contribution in [1.29, 1.82) is 0 Å². The van der Waals surface area contributed by atoms with Gasteiger partial charge in [-0.2, -0.15) is 0 Å². The number of carbonyl (C=O) groups excluding carboxylic acids is 1. The van der Waals surface area contributed by atoms with Gasteiger partial charge in [-0.25, -0.2) is 0 Å². The molecule has 0 saturated heterocycles. The normalized spacial score (nSPS) is 19.8. The van der Waals surface area contributed by atoms with E-state index in [1.165, 1.54) is 0 Å². The quantitative estimate of drug-likeness (QED) is 0.852. The Hall–Kier alpha value is -1.84. The number of anilines is 1. The van der Waals surface area contributed by atoms with Crippen LogP contribution in [-0.4, -0.2) is 23.5 Å². The van der Waals surface area contributed by atoms with Crippen LogP contribution in [0.3, 0.4) is 0 Å². The van der Waals surface area contributed by atoms with E-state index in [1.54, 1.807) is 25.7 Å². The number of carboxylic acids is 1. The van der Waals surface area contributed by atoms with Crippen LogP contribution in [0, 0.1) is 17.3 Å². The molecule has 1 aromatic carbocycles. The molecule has 1 aliphatic rings. The van der Waals surface area contributed by atoms with Crippen molar-refractivity contribution in [2.24, 2.45) is 17.3 Å². The van der Waals surface area contributed by atoms with Gasteiger partial charge < -0.3 is 10.0 Å². The fourth-order valence-corrected chi connectivity index (χ4v) is 3.01. The number of carbonyl (C=O) groups is 2. The lowest BCUT2D eigenvalue weighted by molar-refractivity contribution is -0.150. The first-order valence-corrected chi connectivity index (χ1v) is 7.34. The Labute approximate surface area is 125 Å². The van der Waals surface area contributed by atoms with Crippen LogP contribution < -0.4 is 4.90 Å². The Balaban J connectivity index is 2.41. The van der Waals surface area contributed by atoms with Gasteiger partial charge in [-0.1, -0.05) is 45.9 Å². The predicted octanol–water partition coefficient (Wildman–Crippen LogP) is 2.96. The average molecular weight is 289 g/mol. The van der Waals surface area contributed by atoms with Crippen LogP contribution >= 0.6 is 0 Å². The molecule has 1 heterocycles. The topological polar surface area (TPSA) is 57.6 Å². The van der Waals surface area contributed by atoms with Crippen LogP contribution in [0.15, 0.2) is 24.3 Å². The van der Waals surface area contributed by atoms with E-state index in [2.05, 4.69) is 6.92 Å². The Morgan fingerprint density at radius 1 is 1.29 bits per heavy atom. The van der Waals surface area contributed by atoms with Crippen LogP contribution in [0.2, 0.25) is 0 Å². The molecule has 4 nitrogen and oxygen atoms in total. The molecule has 2 rings (SSSR count). The molecule has 0 saturated carbocycles. The number of rotatable bonds is 2. The van der Waals surface area contributed by atoms with Crippen LogP contribution in [0.5, 0.6) is 0 Å². The average Bonchev–Trinajstić information content (AvgIpc) is 2.35. The lowest BCUT2D eigenvalue weighted by Gasteiger charge is -2.37. The van der Waals surface area contributed by atoms with Crippen molar-refractivity contribution >= 4 is 17.6 Å². The molecular weight excluding hydrogens is 266 g/mol. The summed E-state index contributed by atoms with van der Waals surface area (Å²) in [7, 11) is 0. The monoisotopic (exact) mass is 289 g/mol. The maximum absolute atomic E-state index is 12.8. The van der Waals surface area contributed by atoms with Gasteiger partial charge in [0, 0.05) is 12.2 Å². The minimum Gasteiger partial charge on any atom is -0.481 e. The molecular formula is C17H23NO3. The SMILES string of the molecule is CC1Cc2ccccc2N(C(=O)C(C(=O)O)C(C)(C)C)C1. The highest BCUT2D eigenvalue weighted by molar-refractivity contribution is 6.06. The third-order valence-corrected chi connectivity index (χ3v) is 3.97. The summed E-state index contributed by atoms with van der Waals surface area (Å²) in [5.41, 5.74) is 1.36. The van der Waals surface area contributed by atoms with E-state index in [0.29, 0.717) is 12.5 Å². The maximum Gasteiger partial charge on any atom is 0.316 e. The van der Waals surface area contributed by atoms with Crippen LogP contribution in [-0.2, 0) is 16.0 Å². The van der Waals surface area contributed by atoms with Crippen molar-refractivity contribution in [2.75, 3.05) is 11.4 Å². The van der Waals surface area contributed by atoms with E-state index in [1.807, 2.05) is 24.3 Å². The second kappa shape index (κ2) is 5.51. The van der Waals surface area contributed by atoms with E-state index in [4.69, 9.17) is 0 Å². The molecule has 0 aromatic heterocycles. The fraction of sp³-hybridized carbons (Fsp3) is 0.529. The number of hydrogen-bond acceptors (Lipinski definition) is 2. The highest BCUT2D eigenvalue weighted by atomic mass is 16.4. The van der Waals surface area contributed by atoms with Crippen LogP contribution in [0.25, 0.3) is 0 Å². The molecule has 0 aliphatic carbocycles. The van der Waals surface area contributed by atoms with Gasteiger partial charge in [-0.3, -0.25) is 9.59 Å². The number of nitrogens with zero attached hydrogens (tertiary/aromatic N) is 1. The van der Waals surface area contributed by atoms with Gasteiger partial charge in [0.2, 0.25) is 5.91 Å². The number of carboxylic acid groups (broad SMARTS) is 1. The van der Waals surface area contributed by atoms with Crippen molar-refractivity contribution < 1.29 is 14.7 Å². The summed E-state index contributed by atoms with van der Waals surface area (Å²) >= 11 is 0. The standard InChI is InChI=1S/C17H23NO3/c1-11-9-12-7-5-6-8-13(12)18(10-11)15(19)14(16(20)21)17(2,3)4/h5-8,11,14H,9-10H2,1-4H3,(H,20,21). The second-order valence-corrected chi connectivity index (χ2v) is 7.02. The Morgan fingerprint density at radius 2 is 1.90 bits per heavy atom. The summed E-state index contributed by atoms with van der Waals surface area (Å²) in [6.07, 6.45) is 0.924. The molecule has 21 heavy (non-hydrogen) atoms. The molecule has 1 aromatic rings.